The van der Waals surface area contributed by atoms with Crippen LogP contribution in [-0.2, 0) is 4.79 Å². The summed E-state index contributed by atoms with van der Waals surface area (Å²) in [6.45, 7) is 6.84. The number of amides is 1. The molecule has 2 N–H and O–H groups in total. The van der Waals surface area contributed by atoms with Crippen LogP contribution in [0, 0.1) is 11.3 Å². The molecule has 0 bridgehead atoms. The van der Waals surface area contributed by atoms with Gasteiger partial charge in [-0.3, -0.25) is 9.79 Å². The van der Waals surface area contributed by atoms with Gasteiger partial charge >= 0.3 is 0 Å². The van der Waals surface area contributed by atoms with Crippen molar-refractivity contribution in [1.29, 1.82) is 0 Å². The predicted molar refractivity (Wildman–Crippen MR) is 98.0 cm³/mol. The normalized spacial score (nSPS) is 29.1. The Bertz CT molecular complexity index is 458. The molecule has 3 rings (SSSR count). The maximum atomic E-state index is 11.7. The average molecular weight is 335 g/mol. The van der Waals surface area contributed by atoms with E-state index in [1.165, 1.54) is 38.5 Å². The topological polar surface area (TPSA) is 56.7 Å². The lowest BCUT2D eigenvalue weighted by Crippen LogP contribution is -2.51. The summed E-state index contributed by atoms with van der Waals surface area (Å²) >= 11 is 0. The molecule has 1 spiro atoms. The number of carbonyl (C=O) groups excluding carboxylic acids is 1. The van der Waals surface area contributed by atoms with Gasteiger partial charge in [0, 0.05) is 44.6 Å². The van der Waals surface area contributed by atoms with Crippen LogP contribution in [0.1, 0.15) is 64.7 Å². The molecular weight excluding hydrogens is 300 g/mol. The predicted octanol–water partition coefficient (Wildman–Crippen LogP) is 2.52. The first kappa shape index (κ1) is 17.6. The van der Waals surface area contributed by atoms with E-state index in [0.717, 1.165) is 57.4 Å². The van der Waals surface area contributed by atoms with Gasteiger partial charge in [0.2, 0.25) is 5.91 Å². The van der Waals surface area contributed by atoms with Gasteiger partial charge in [0.1, 0.15) is 0 Å². The van der Waals surface area contributed by atoms with Crippen LogP contribution >= 0.6 is 0 Å². The van der Waals surface area contributed by atoms with Crippen LogP contribution in [0.4, 0.5) is 0 Å². The number of guanidine groups is 1. The van der Waals surface area contributed by atoms with Crippen molar-refractivity contribution in [3.05, 3.63) is 0 Å². The molecule has 24 heavy (non-hydrogen) atoms. The van der Waals surface area contributed by atoms with Crippen LogP contribution in [0.2, 0.25) is 0 Å². The standard InChI is InChI=1S/C19H34N4O/c1-2-20-18(21-11-9-16-7-4-3-5-8-16)23-12-6-10-19(15-23)13-17(24)22-14-19/h16H,2-15H2,1H3,(H,20,21)(H,22,24). The summed E-state index contributed by atoms with van der Waals surface area (Å²) < 4.78 is 0. The maximum Gasteiger partial charge on any atom is 0.220 e. The van der Waals surface area contributed by atoms with Crippen molar-refractivity contribution in [3.8, 4) is 0 Å². The second-order valence-electron chi connectivity index (χ2n) is 8.01. The molecule has 1 atom stereocenters. The Morgan fingerprint density at radius 2 is 2.17 bits per heavy atom. The largest absolute Gasteiger partial charge is 0.357 e. The first-order valence-electron chi connectivity index (χ1n) is 10.0. The summed E-state index contributed by atoms with van der Waals surface area (Å²) in [6, 6.07) is 0. The van der Waals surface area contributed by atoms with Crippen molar-refractivity contribution >= 4 is 11.9 Å². The van der Waals surface area contributed by atoms with E-state index >= 15 is 0 Å². The van der Waals surface area contributed by atoms with Gasteiger partial charge in [-0.1, -0.05) is 32.1 Å². The van der Waals surface area contributed by atoms with E-state index in [1.54, 1.807) is 0 Å². The van der Waals surface area contributed by atoms with Crippen molar-refractivity contribution < 1.29 is 4.79 Å². The summed E-state index contributed by atoms with van der Waals surface area (Å²) in [5.41, 5.74) is 0.134. The zero-order chi connectivity index (χ0) is 16.8. The molecule has 3 fully saturated rings. The number of hydrogen-bond donors (Lipinski definition) is 2. The third kappa shape index (κ3) is 4.42. The highest BCUT2D eigenvalue weighted by Gasteiger charge is 2.42. The quantitative estimate of drug-likeness (QED) is 0.613. The Kier molecular flexibility index (Phi) is 6.01. The lowest BCUT2D eigenvalue weighted by Gasteiger charge is -2.40. The Balaban J connectivity index is 1.57. The third-order valence-corrected chi connectivity index (χ3v) is 6.02. The summed E-state index contributed by atoms with van der Waals surface area (Å²) in [5, 5.41) is 6.51. The minimum atomic E-state index is 0.134. The van der Waals surface area contributed by atoms with Gasteiger partial charge in [-0.05, 0) is 32.1 Å². The molecule has 0 radical (unpaired) electrons. The average Bonchev–Trinajstić information content (AvgIpc) is 2.95. The molecule has 1 aliphatic carbocycles. The summed E-state index contributed by atoms with van der Waals surface area (Å²) in [5.74, 6) is 2.16. The molecule has 136 valence electrons. The van der Waals surface area contributed by atoms with Gasteiger partial charge in [-0.2, -0.15) is 0 Å². The molecule has 1 saturated carbocycles. The Labute approximate surface area is 146 Å². The van der Waals surface area contributed by atoms with Crippen molar-refractivity contribution in [1.82, 2.24) is 15.5 Å². The van der Waals surface area contributed by atoms with Crippen LogP contribution in [0.15, 0.2) is 4.99 Å². The molecule has 0 aromatic rings. The minimum Gasteiger partial charge on any atom is -0.357 e. The zero-order valence-electron chi connectivity index (χ0n) is 15.3. The highest BCUT2D eigenvalue weighted by Crippen LogP contribution is 2.36. The van der Waals surface area contributed by atoms with Gasteiger partial charge in [0.15, 0.2) is 5.96 Å². The third-order valence-electron chi connectivity index (χ3n) is 6.02. The fourth-order valence-electron chi connectivity index (χ4n) is 4.68. The van der Waals surface area contributed by atoms with E-state index in [0.29, 0.717) is 6.42 Å². The van der Waals surface area contributed by atoms with Crippen LogP contribution < -0.4 is 10.6 Å². The van der Waals surface area contributed by atoms with E-state index in [4.69, 9.17) is 4.99 Å². The second kappa shape index (κ2) is 8.21. The first-order valence-corrected chi connectivity index (χ1v) is 10.0. The number of likely N-dealkylation sites (tertiary alicyclic amines) is 1. The van der Waals surface area contributed by atoms with Gasteiger partial charge in [0.05, 0.1) is 0 Å². The van der Waals surface area contributed by atoms with E-state index < -0.39 is 0 Å². The molecule has 0 aromatic carbocycles. The van der Waals surface area contributed by atoms with E-state index in [9.17, 15) is 4.79 Å². The number of hydrogen-bond acceptors (Lipinski definition) is 2. The highest BCUT2D eigenvalue weighted by atomic mass is 16.1. The van der Waals surface area contributed by atoms with E-state index in [-0.39, 0.29) is 11.3 Å². The zero-order valence-corrected chi connectivity index (χ0v) is 15.3. The minimum absolute atomic E-state index is 0.134. The number of piperidine rings is 1. The summed E-state index contributed by atoms with van der Waals surface area (Å²) in [6.07, 6.45) is 11.3. The van der Waals surface area contributed by atoms with Gasteiger partial charge in [-0.15, -0.1) is 0 Å². The fourth-order valence-corrected chi connectivity index (χ4v) is 4.68. The Morgan fingerprint density at radius 1 is 1.33 bits per heavy atom. The van der Waals surface area contributed by atoms with Crippen LogP contribution in [0.25, 0.3) is 0 Å². The SMILES string of the molecule is CCNC(=NCCC1CCCCC1)N1CCCC2(CNC(=O)C2)C1. The molecule has 5 heteroatoms. The van der Waals surface area contributed by atoms with Gasteiger partial charge < -0.3 is 15.5 Å². The molecule has 5 nitrogen and oxygen atoms in total. The molecule has 1 amide bonds. The van der Waals surface area contributed by atoms with E-state index in [2.05, 4.69) is 22.5 Å². The lowest BCUT2D eigenvalue weighted by atomic mass is 9.79. The van der Waals surface area contributed by atoms with Crippen molar-refractivity contribution in [2.24, 2.45) is 16.3 Å². The molecule has 3 aliphatic rings. The Morgan fingerprint density at radius 3 is 2.88 bits per heavy atom. The van der Waals surface area contributed by atoms with Crippen LogP contribution in [0.5, 0.6) is 0 Å². The van der Waals surface area contributed by atoms with Gasteiger partial charge in [-0.25, -0.2) is 0 Å². The number of nitrogens with zero attached hydrogens (tertiary/aromatic N) is 2. The smallest absolute Gasteiger partial charge is 0.220 e. The highest BCUT2D eigenvalue weighted by molar-refractivity contribution is 5.81. The number of aliphatic imine (C=N–C) groups is 1. The molecule has 2 aliphatic heterocycles. The number of carbonyl (C=O) groups is 1. The number of rotatable bonds is 4. The maximum absolute atomic E-state index is 11.7. The summed E-state index contributed by atoms with van der Waals surface area (Å²) in [7, 11) is 0. The van der Waals surface area contributed by atoms with Crippen LogP contribution in [-0.4, -0.2) is 49.5 Å². The first-order chi connectivity index (χ1) is 11.7. The lowest BCUT2D eigenvalue weighted by molar-refractivity contribution is -0.119. The number of nitrogens with one attached hydrogen (secondary N) is 2. The van der Waals surface area contributed by atoms with Crippen molar-refractivity contribution in [2.45, 2.75) is 64.7 Å². The molecule has 2 saturated heterocycles. The van der Waals surface area contributed by atoms with Gasteiger partial charge in [0.25, 0.3) is 0 Å². The molecule has 0 aromatic heterocycles. The molecule has 1 unspecified atom stereocenters. The second-order valence-corrected chi connectivity index (χ2v) is 8.01. The fraction of sp³-hybridized carbons (Fsp3) is 0.895. The van der Waals surface area contributed by atoms with Crippen LogP contribution in [0.3, 0.4) is 0 Å². The summed E-state index contributed by atoms with van der Waals surface area (Å²) in [4.78, 5) is 19.0. The van der Waals surface area contributed by atoms with Crippen molar-refractivity contribution in [2.75, 3.05) is 32.7 Å². The molecule has 2 heterocycles. The molecular formula is C19H34N4O. The Hall–Kier alpha value is -1.26. The van der Waals surface area contributed by atoms with E-state index in [1.807, 2.05) is 0 Å². The monoisotopic (exact) mass is 334 g/mol. The van der Waals surface area contributed by atoms with Crippen molar-refractivity contribution in [3.63, 3.8) is 0 Å².